The number of pyridine rings is 1. The van der Waals surface area contributed by atoms with Gasteiger partial charge in [-0.25, -0.2) is 9.97 Å². The molecule has 1 aromatic carbocycles. The number of nitrogens with one attached hydrogen (secondary N) is 1. The van der Waals surface area contributed by atoms with E-state index in [2.05, 4.69) is 31.2 Å². The third kappa shape index (κ3) is 3.08. The summed E-state index contributed by atoms with van der Waals surface area (Å²) in [6, 6.07) is 12.9. The molecule has 0 spiro atoms. The standard InChI is InChI=1S/C18H12BrN3O2S/c1-10-11(17-22-13-6-3-9-20-18(13)25-17)4-2-5-12(10)21-16(23)14-7-8-15(19)24-14/h2-9H,1H3,(H,21,23). The van der Waals surface area contributed by atoms with E-state index in [9.17, 15) is 4.79 Å². The highest BCUT2D eigenvalue weighted by Crippen LogP contribution is 2.33. The van der Waals surface area contributed by atoms with Gasteiger partial charge in [-0.2, -0.15) is 0 Å². The molecule has 5 nitrogen and oxygen atoms in total. The minimum Gasteiger partial charge on any atom is -0.444 e. The Morgan fingerprint density at radius 1 is 1.20 bits per heavy atom. The minimum atomic E-state index is -0.295. The van der Waals surface area contributed by atoms with Gasteiger partial charge in [-0.1, -0.05) is 23.5 Å². The number of hydrogen-bond acceptors (Lipinski definition) is 5. The van der Waals surface area contributed by atoms with Crippen LogP contribution in [0.5, 0.6) is 0 Å². The smallest absolute Gasteiger partial charge is 0.291 e. The lowest BCUT2D eigenvalue weighted by Gasteiger charge is -2.10. The number of rotatable bonds is 3. The Labute approximate surface area is 155 Å². The lowest BCUT2D eigenvalue weighted by molar-refractivity contribution is 0.0995. The van der Waals surface area contributed by atoms with Crippen molar-refractivity contribution in [2.45, 2.75) is 6.92 Å². The van der Waals surface area contributed by atoms with Gasteiger partial charge in [0, 0.05) is 17.4 Å². The summed E-state index contributed by atoms with van der Waals surface area (Å²) in [6.07, 6.45) is 1.76. The lowest BCUT2D eigenvalue weighted by atomic mass is 10.1. The zero-order chi connectivity index (χ0) is 17.4. The molecule has 124 valence electrons. The summed E-state index contributed by atoms with van der Waals surface area (Å²) >= 11 is 4.73. The average molecular weight is 414 g/mol. The van der Waals surface area contributed by atoms with Crippen LogP contribution in [0, 0.1) is 6.92 Å². The molecular formula is C18H12BrN3O2S. The minimum absolute atomic E-state index is 0.251. The number of anilines is 1. The molecule has 0 atom stereocenters. The van der Waals surface area contributed by atoms with Crippen LogP contribution in [0.4, 0.5) is 5.69 Å². The van der Waals surface area contributed by atoms with Crippen LogP contribution in [0.25, 0.3) is 20.9 Å². The number of thiazole rings is 1. The fourth-order valence-corrected chi connectivity index (χ4v) is 3.80. The van der Waals surface area contributed by atoms with Crippen molar-refractivity contribution in [3.63, 3.8) is 0 Å². The van der Waals surface area contributed by atoms with Crippen molar-refractivity contribution in [2.24, 2.45) is 0 Å². The first kappa shape index (κ1) is 16.0. The van der Waals surface area contributed by atoms with Crippen molar-refractivity contribution < 1.29 is 9.21 Å². The molecule has 0 unspecified atom stereocenters. The molecule has 0 bridgehead atoms. The maximum atomic E-state index is 12.3. The van der Waals surface area contributed by atoms with Crippen molar-refractivity contribution in [3.05, 3.63) is 64.7 Å². The predicted octanol–water partition coefficient (Wildman–Crippen LogP) is 5.27. The molecule has 1 amide bonds. The van der Waals surface area contributed by atoms with E-state index in [0.29, 0.717) is 4.67 Å². The molecular weight excluding hydrogens is 402 g/mol. The second-order valence-corrected chi connectivity index (χ2v) is 7.14. The quantitative estimate of drug-likeness (QED) is 0.496. The lowest BCUT2D eigenvalue weighted by Crippen LogP contribution is -2.12. The molecule has 0 aliphatic carbocycles. The Morgan fingerprint density at radius 3 is 2.84 bits per heavy atom. The number of hydrogen-bond donors (Lipinski definition) is 1. The molecule has 0 aliphatic rings. The van der Waals surface area contributed by atoms with Gasteiger partial charge in [0.2, 0.25) is 0 Å². The van der Waals surface area contributed by atoms with E-state index in [1.165, 1.54) is 11.3 Å². The van der Waals surface area contributed by atoms with Gasteiger partial charge in [-0.05, 0) is 58.7 Å². The highest BCUT2D eigenvalue weighted by Gasteiger charge is 2.15. The fourth-order valence-electron chi connectivity index (χ4n) is 2.51. The fraction of sp³-hybridized carbons (Fsp3) is 0.0556. The molecule has 1 N–H and O–H groups in total. The molecule has 4 rings (SSSR count). The summed E-state index contributed by atoms with van der Waals surface area (Å²) in [5.74, 6) is -0.0437. The van der Waals surface area contributed by atoms with E-state index in [1.54, 1.807) is 18.3 Å². The molecule has 4 aromatic rings. The van der Waals surface area contributed by atoms with Crippen molar-refractivity contribution in [1.82, 2.24) is 9.97 Å². The van der Waals surface area contributed by atoms with Crippen LogP contribution in [0.3, 0.4) is 0 Å². The summed E-state index contributed by atoms with van der Waals surface area (Å²) in [5, 5.41) is 3.77. The number of nitrogens with zero attached hydrogens (tertiary/aromatic N) is 2. The first-order chi connectivity index (χ1) is 12.1. The zero-order valence-electron chi connectivity index (χ0n) is 13.1. The number of carbonyl (C=O) groups excluding carboxylic acids is 1. The van der Waals surface area contributed by atoms with Crippen LogP contribution in [0.1, 0.15) is 16.1 Å². The SMILES string of the molecule is Cc1c(NC(=O)c2ccc(Br)o2)cccc1-c1nc2cccnc2s1. The van der Waals surface area contributed by atoms with Crippen LogP contribution in [-0.2, 0) is 0 Å². The zero-order valence-corrected chi connectivity index (χ0v) is 15.5. The number of carbonyl (C=O) groups is 1. The van der Waals surface area contributed by atoms with Crippen molar-refractivity contribution in [1.29, 1.82) is 0 Å². The molecule has 0 saturated heterocycles. The van der Waals surface area contributed by atoms with Crippen molar-refractivity contribution in [2.75, 3.05) is 5.32 Å². The van der Waals surface area contributed by atoms with Crippen LogP contribution in [0.15, 0.2) is 57.7 Å². The van der Waals surface area contributed by atoms with Gasteiger partial charge in [0.05, 0.1) is 0 Å². The van der Waals surface area contributed by atoms with Gasteiger partial charge in [0.25, 0.3) is 5.91 Å². The molecule has 0 radical (unpaired) electrons. The van der Waals surface area contributed by atoms with E-state index in [0.717, 1.165) is 32.2 Å². The second kappa shape index (κ2) is 6.42. The number of aromatic nitrogens is 2. The van der Waals surface area contributed by atoms with Crippen LogP contribution >= 0.6 is 27.3 Å². The maximum absolute atomic E-state index is 12.3. The Kier molecular flexibility index (Phi) is 4.10. The van der Waals surface area contributed by atoms with E-state index < -0.39 is 0 Å². The van der Waals surface area contributed by atoms with Crippen LogP contribution < -0.4 is 5.32 Å². The van der Waals surface area contributed by atoms with Gasteiger partial charge < -0.3 is 9.73 Å². The number of amides is 1. The summed E-state index contributed by atoms with van der Waals surface area (Å²) in [6.45, 7) is 1.96. The van der Waals surface area contributed by atoms with Gasteiger partial charge in [-0.3, -0.25) is 4.79 Å². The molecule has 0 aliphatic heterocycles. The topological polar surface area (TPSA) is 68.0 Å². The van der Waals surface area contributed by atoms with Gasteiger partial charge in [-0.15, -0.1) is 0 Å². The Bertz CT molecular complexity index is 1050. The highest BCUT2D eigenvalue weighted by molar-refractivity contribution is 9.10. The summed E-state index contributed by atoms with van der Waals surface area (Å²) in [7, 11) is 0. The highest BCUT2D eigenvalue weighted by atomic mass is 79.9. The van der Waals surface area contributed by atoms with Crippen LogP contribution in [-0.4, -0.2) is 15.9 Å². The van der Waals surface area contributed by atoms with Crippen LogP contribution in [0.2, 0.25) is 0 Å². The van der Waals surface area contributed by atoms with E-state index in [4.69, 9.17) is 4.42 Å². The normalized spacial score (nSPS) is 11.0. The molecule has 0 saturated carbocycles. The molecule has 7 heteroatoms. The number of furan rings is 1. The first-order valence-electron chi connectivity index (χ1n) is 7.50. The third-order valence-corrected chi connectivity index (χ3v) is 5.21. The second-order valence-electron chi connectivity index (χ2n) is 5.38. The van der Waals surface area contributed by atoms with Gasteiger partial charge in [0.15, 0.2) is 10.4 Å². The number of benzene rings is 1. The average Bonchev–Trinajstić information content (AvgIpc) is 3.22. The third-order valence-electron chi connectivity index (χ3n) is 3.78. The number of fused-ring (bicyclic) bond motifs is 1. The molecule has 3 aromatic heterocycles. The number of halogens is 1. The van der Waals surface area contributed by atoms with E-state index in [-0.39, 0.29) is 11.7 Å². The largest absolute Gasteiger partial charge is 0.444 e. The molecule has 3 heterocycles. The van der Waals surface area contributed by atoms with Gasteiger partial charge in [0.1, 0.15) is 15.4 Å². The monoisotopic (exact) mass is 413 g/mol. The molecule has 0 fully saturated rings. The predicted molar refractivity (Wildman–Crippen MR) is 102 cm³/mol. The first-order valence-corrected chi connectivity index (χ1v) is 9.11. The Hall–Kier alpha value is -2.51. The summed E-state index contributed by atoms with van der Waals surface area (Å²) in [5.41, 5.74) is 3.51. The summed E-state index contributed by atoms with van der Waals surface area (Å²) in [4.78, 5) is 22.2. The maximum Gasteiger partial charge on any atom is 0.291 e. The Morgan fingerprint density at radius 2 is 2.08 bits per heavy atom. The van der Waals surface area contributed by atoms with E-state index in [1.807, 2.05) is 37.3 Å². The van der Waals surface area contributed by atoms with Crippen molar-refractivity contribution >= 4 is 49.2 Å². The summed E-state index contributed by atoms with van der Waals surface area (Å²) < 4.78 is 5.82. The van der Waals surface area contributed by atoms with Gasteiger partial charge >= 0.3 is 0 Å². The van der Waals surface area contributed by atoms with Crippen molar-refractivity contribution in [3.8, 4) is 10.6 Å². The molecule has 25 heavy (non-hydrogen) atoms. The van der Waals surface area contributed by atoms with E-state index >= 15 is 0 Å². The Balaban J connectivity index is 1.69.